The van der Waals surface area contributed by atoms with E-state index in [9.17, 15) is 33.2 Å². The van der Waals surface area contributed by atoms with Gasteiger partial charge in [0.05, 0.1) is 6.10 Å². The predicted octanol–water partition coefficient (Wildman–Crippen LogP) is 5.61. The molecule has 3 aromatic rings. The summed E-state index contributed by atoms with van der Waals surface area (Å²) in [6.45, 7) is 19.7. The van der Waals surface area contributed by atoms with Crippen molar-refractivity contribution in [2.45, 2.75) is 65.1 Å². The maximum absolute atomic E-state index is 13.8. The van der Waals surface area contributed by atoms with E-state index in [1.807, 2.05) is 12.1 Å². The first-order valence-electron chi connectivity index (χ1n) is 21.5. The first kappa shape index (κ1) is 55.7. The van der Waals surface area contributed by atoms with E-state index < -0.39 is 35.8 Å². The Hall–Kier alpha value is -6.47. The average molecular weight is 923 g/mol. The van der Waals surface area contributed by atoms with Crippen molar-refractivity contribution in [2.75, 3.05) is 65.4 Å². The van der Waals surface area contributed by atoms with Gasteiger partial charge in [-0.25, -0.2) is 33.2 Å². The molecule has 360 valence electrons. The Balaban J connectivity index is 0.000000509. The minimum Gasteiger partial charge on any atom is -0.491 e. The molecule has 0 aliphatic carbocycles. The highest BCUT2D eigenvalue weighted by atomic mass is 19.1. The number of unbranched alkanes of at least 4 members (excludes halogenated alkanes) is 1. The molecule has 2 fully saturated rings. The van der Waals surface area contributed by atoms with Gasteiger partial charge in [-0.05, 0) is 88.0 Å². The third kappa shape index (κ3) is 22.9. The molecule has 0 bridgehead atoms. The van der Waals surface area contributed by atoms with E-state index in [4.69, 9.17) is 35.4 Å². The molecule has 1 unspecified atom stereocenters. The standard InChI is InChI=1S/C36H51FN4O.3C4H4O4/c1-28(2)40-23-25-41(26-24-40)35(31-12-15-32(37)16-13-31)27-39-21-19-38(20-22-39)18-8-7-11-34-33-10-6-5-9-30(33)14-17-36(34)42-29(3)4;3*5-3(6)1-2-4(7)8/h5-6,9-10,12-17,28-29,35H,7-8,11,18-27H2,1-4H3;3*1-2H,(H,5,6)(H,7,8)/b;3*2-1-. The molecule has 5 rings (SSSR count). The lowest BCUT2D eigenvalue weighted by molar-refractivity contribution is -0.134. The molecule has 0 amide bonds. The zero-order chi connectivity index (χ0) is 49.2. The third-order valence-corrected chi connectivity index (χ3v) is 10.3. The summed E-state index contributed by atoms with van der Waals surface area (Å²) in [7, 11) is 0. The van der Waals surface area contributed by atoms with Gasteiger partial charge < -0.3 is 40.3 Å². The molecule has 1 atom stereocenters. The largest absolute Gasteiger partial charge is 0.491 e. The molecule has 2 heterocycles. The van der Waals surface area contributed by atoms with Crippen molar-refractivity contribution < 1.29 is 68.5 Å². The summed E-state index contributed by atoms with van der Waals surface area (Å²) in [5.41, 5.74) is 2.60. The number of carboxylic acids is 6. The number of rotatable bonds is 18. The molecule has 2 aliphatic rings. The van der Waals surface area contributed by atoms with Crippen molar-refractivity contribution in [1.82, 2.24) is 19.6 Å². The number of aryl methyl sites for hydroxylation is 1. The van der Waals surface area contributed by atoms with Crippen molar-refractivity contribution in [1.29, 1.82) is 0 Å². The molecule has 66 heavy (non-hydrogen) atoms. The fourth-order valence-corrected chi connectivity index (χ4v) is 7.13. The van der Waals surface area contributed by atoms with E-state index in [1.54, 1.807) is 12.1 Å². The fourth-order valence-electron chi connectivity index (χ4n) is 7.13. The van der Waals surface area contributed by atoms with Gasteiger partial charge in [0.2, 0.25) is 0 Å². The van der Waals surface area contributed by atoms with Crippen LogP contribution < -0.4 is 4.74 Å². The van der Waals surface area contributed by atoms with E-state index in [0.29, 0.717) is 48.5 Å². The summed E-state index contributed by atoms with van der Waals surface area (Å²) in [6.07, 6.45) is 6.93. The van der Waals surface area contributed by atoms with Gasteiger partial charge in [-0.15, -0.1) is 0 Å². The molecule has 2 aliphatic heterocycles. The lowest BCUT2D eigenvalue weighted by atomic mass is 9.98. The number of nitrogens with zero attached hydrogens (tertiary/aromatic N) is 4. The van der Waals surface area contributed by atoms with E-state index in [-0.39, 0.29) is 11.9 Å². The lowest BCUT2D eigenvalue weighted by Crippen LogP contribution is -2.53. The predicted molar refractivity (Wildman–Crippen MR) is 246 cm³/mol. The summed E-state index contributed by atoms with van der Waals surface area (Å²) < 4.78 is 20.0. The van der Waals surface area contributed by atoms with Gasteiger partial charge in [-0.1, -0.05) is 42.5 Å². The Morgan fingerprint density at radius 2 is 1.03 bits per heavy atom. The van der Waals surface area contributed by atoms with Gasteiger partial charge in [0.25, 0.3) is 0 Å². The number of ether oxygens (including phenoxy) is 1. The van der Waals surface area contributed by atoms with Crippen LogP contribution in [0.25, 0.3) is 10.8 Å². The lowest BCUT2D eigenvalue weighted by Gasteiger charge is -2.43. The Bertz CT molecular complexity index is 1980. The SMILES string of the molecule is CC(C)Oc1ccc2ccccc2c1CCCCN1CCN(CC(c2ccc(F)cc2)N2CCN(C(C)C)CC2)CC1.O=C(O)/C=C\C(=O)O.O=C(O)/C=C\C(=O)O.O=C(O)/C=C\C(=O)O. The minimum atomic E-state index is -1.26. The van der Waals surface area contributed by atoms with E-state index in [0.717, 1.165) is 84.0 Å². The maximum Gasteiger partial charge on any atom is 0.328 e. The van der Waals surface area contributed by atoms with Crippen LogP contribution in [0.15, 0.2) is 97.1 Å². The molecular weight excluding hydrogens is 860 g/mol. The quantitative estimate of drug-likeness (QED) is 0.0671. The molecule has 0 radical (unpaired) electrons. The second kappa shape index (κ2) is 29.9. The Labute approximate surface area is 384 Å². The van der Waals surface area contributed by atoms with Gasteiger partial charge in [0.15, 0.2) is 0 Å². The van der Waals surface area contributed by atoms with E-state index >= 15 is 0 Å². The van der Waals surface area contributed by atoms with Crippen molar-refractivity contribution in [3.8, 4) is 5.75 Å². The first-order valence-corrected chi connectivity index (χ1v) is 21.5. The van der Waals surface area contributed by atoms with E-state index in [2.05, 4.69) is 83.7 Å². The van der Waals surface area contributed by atoms with Crippen LogP contribution in [0.1, 0.15) is 57.7 Å². The van der Waals surface area contributed by atoms with Gasteiger partial charge in [-0.2, -0.15) is 0 Å². The molecule has 0 saturated carbocycles. The molecule has 18 heteroatoms. The summed E-state index contributed by atoms with van der Waals surface area (Å²) >= 11 is 0. The second-order valence-corrected chi connectivity index (χ2v) is 15.8. The number of aliphatic carboxylic acids is 6. The van der Waals surface area contributed by atoms with Crippen molar-refractivity contribution in [3.63, 3.8) is 0 Å². The second-order valence-electron chi connectivity index (χ2n) is 15.8. The number of piperazine rings is 2. The maximum atomic E-state index is 13.8. The monoisotopic (exact) mass is 922 g/mol. The normalized spacial score (nSPS) is 15.4. The van der Waals surface area contributed by atoms with Gasteiger partial charge >= 0.3 is 35.8 Å². The van der Waals surface area contributed by atoms with Gasteiger partial charge in [-0.3, -0.25) is 14.7 Å². The van der Waals surface area contributed by atoms with Crippen LogP contribution in [0.5, 0.6) is 5.75 Å². The van der Waals surface area contributed by atoms with Crippen LogP contribution in [0.2, 0.25) is 0 Å². The number of carbonyl (C=O) groups is 6. The van der Waals surface area contributed by atoms with E-state index in [1.165, 1.54) is 28.3 Å². The topological polar surface area (TPSA) is 246 Å². The van der Waals surface area contributed by atoms with Crippen LogP contribution in [-0.2, 0) is 35.2 Å². The van der Waals surface area contributed by atoms with Gasteiger partial charge in [0.1, 0.15) is 11.6 Å². The Kier molecular flexibility index (Phi) is 25.2. The number of halogens is 1. The Morgan fingerprint density at radius 1 is 0.576 bits per heavy atom. The molecule has 6 N–H and O–H groups in total. The molecule has 0 spiro atoms. The summed E-state index contributed by atoms with van der Waals surface area (Å²) in [5.74, 6) is -6.65. The summed E-state index contributed by atoms with van der Waals surface area (Å²) in [4.78, 5) is 67.8. The zero-order valence-electron chi connectivity index (χ0n) is 37.9. The molecule has 0 aromatic heterocycles. The number of benzene rings is 3. The van der Waals surface area contributed by atoms with Crippen LogP contribution >= 0.6 is 0 Å². The molecule has 3 aromatic carbocycles. The smallest absolute Gasteiger partial charge is 0.328 e. The van der Waals surface area contributed by atoms with Crippen LogP contribution in [0.3, 0.4) is 0 Å². The number of hydrogen-bond donors (Lipinski definition) is 6. The molecule has 2 saturated heterocycles. The highest BCUT2D eigenvalue weighted by molar-refractivity contribution is 5.91. The first-order chi connectivity index (χ1) is 31.2. The highest BCUT2D eigenvalue weighted by Crippen LogP contribution is 2.31. The minimum absolute atomic E-state index is 0.153. The van der Waals surface area contributed by atoms with Crippen LogP contribution in [0.4, 0.5) is 4.39 Å². The molecule has 17 nitrogen and oxygen atoms in total. The van der Waals surface area contributed by atoms with Crippen LogP contribution in [-0.4, -0.2) is 164 Å². The van der Waals surface area contributed by atoms with Crippen molar-refractivity contribution >= 4 is 46.6 Å². The Morgan fingerprint density at radius 3 is 1.48 bits per heavy atom. The number of hydrogen-bond acceptors (Lipinski definition) is 11. The van der Waals surface area contributed by atoms with Crippen molar-refractivity contribution in [3.05, 3.63) is 114 Å². The zero-order valence-corrected chi connectivity index (χ0v) is 37.9. The fraction of sp³-hybridized carbons (Fsp3) is 0.417. The van der Waals surface area contributed by atoms with Crippen LogP contribution in [0, 0.1) is 5.82 Å². The van der Waals surface area contributed by atoms with Gasteiger partial charge in [0, 0.05) is 113 Å². The summed E-state index contributed by atoms with van der Waals surface area (Å²) in [6, 6.07) is 21.2. The third-order valence-electron chi connectivity index (χ3n) is 10.3. The average Bonchev–Trinajstić information content (AvgIpc) is 3.26. The summed E-state index contributed by atoms with van der Waals surface area (Å²) in [5, 5.41) is 49.5. The highest BCUT2D eigenvalue weighted by Gasteiger charge is 2.29. The number of carboxylic acid groups (broad SMARTS) is 6. The number of fused-ring (bicyclic) bond motifs is 1. The van der Waals surface area contributed by atoms with Crippen molar-refractivity contribution in [2.24, 2.45) is 0 Å². The molecular formula is C48H63FN4O13.